The molecule has 3 rings (SSSR count). The highest BCUT2D eigenvalue weighted by Gasteiger charge is 2.41. The summed E-state index contributed by atoms with van der Waals surface area (Å²) in [6.45, 7) is 2.88. The van der Waals surface area contributed by atoms with Crippen molar-refractivity contribution in [2.45, 2.75) is 44.6 Å². The predicted octanol–water partition coefficient (Wildman–Crippen LogP) is 1.50. The number of anilines is 1. The monoisotopic (exact) mass is 232 g/mol. The summed E-state index contributed by atoms with van der Waals surface area (Å²) in [5.74, 6) is 1.73. The van der Waals surface area contributed by atoms with Crippen molar-refractivity contribution in [2.75, 3.05) is 11.9 Å². The maximum atomic E-state index is 5.94. The van der Waals surface area contributed by atoms with Gasteiger partial charge in [0.15, 0.2) is 0 Å². The first-order valence-corrected chi connectivity index (χ1v) is 6.54. The van der Waals surface area contributed by atoms with Gasteiger partial charge in [-0.3, -0.25) is 0 Å². The van der Waals surface area contributed by atoms with Gasteiger partial charge in [-0.05, 0) is 44.9 Å². The molecule has 2 aliphatic carbocycles. The molecule has 17 heavy (non-hydrogen) atoms. The highest BCUT2D eigenvalue weighted by Crippen LogP contribution is 2.41. The largest absolute Gasteiger partial charge is 0.363 e. The van der Waals surface area contributed by atoms with Crippen LogP contribution >= 0.6 is 0 Å². The minimum absolute atomic E-state index is 0.00468. The Balaban J connectivity index is 1.87. The van der Waals surface area contributed by atoms with E-state index in [0.29, 0.717) is 12.5 Å². The molecular weight excluding hydrogens is 212 g/mol. The first kappa shape index (κ1) is 11.0. The highest BCUT2D eigenvalue weighted by molar-refractivity contribution is 5.50. The Morgan fingerprint density at radius 2 is 2.24 bits per heavy atom. The van der Waals surface area contributed by atoms with Gasteiger partial charge in [-0.25, -0.2) is 9.97 Å². The van der Waals surface area contributed by atoms with Gasteiger partial charge in [0.1, 0.15) is 12.1 Å². The van der Waals surface area contributed by atoms with Crippen LogP contribution in [0.2, 0.25) is 0 Å². The van der Waals surface area contributed by atoms with E-state index in [9.17, 15) is 0 Å². The number of nitrogens with two attached hydrogens (primary N) is 1. The molecule has 0 aliphatic heterocycles. The summed E-state index contributed by atoms with van der Waals surface area (Å²) in [5, 5.41) is 3.59. The Kier molecular flexibility index (Phi) is 2.54. The molecule has 1 aromatic rings. The zero-order chi connectivity index (χ0) is 11.9. The molecule has 2 aliphatic rings. The molecular formula is C13H20N4. The van der Waals surface area contributed by atoms with Gasteiger partial charge in [-0.2, -0.15) is 0 Å². The number of nitrogens with zero attached hydrogens (tertiary/aromatic N) is 2. The molecule has 0 radical (unpaired) electrons. The van der Waals surface area contributed by atoms with Crippen LogP contribution in [0.1, 0.15) is 37.4 Å². The number of aromatic nitrogens is 2. The minimum Gasteiger partial charge on any atom is -0.363 e. The highest BCUT2D eigenvalue weighted by atomic mass is 15.1. The summed E-state index contributed by atoms with van der Waals surface area (Å²) in [5.41, 5.74) is 8.47. The second kappa shape index (κ2) is 3.95. The number of nitrogens with one attached hydrogen (secondary N) is 1. The number of hydrogen-bond donors (Lipinski definition) is 2. The van der Waals surface area contributed by atoms with Crippen molar-refractivity contribution in [3.8, 4) is 0 Å². The SMILES string of the molecule is CC(CN)(Nc1ncnc2c1CCC2)C1CC1. The zero-order valence-electron chi connectivity index (χ0n) is 10.4. The summed E-state index contributed by atoms with van der Waals surface area (Å²) < 4.78 is 0. The average molecular weight is 232 g/mol. The van der Waals surface area contributed by atoms with E-state index in [0.717, 1.165) is 18.7 Å². The minimum atomic E-state index is 0.00468. The third-order valence-electron chi connectivity index (χ3n) is 4.18. The first-order valence-electron chi connectivity index (χ1n) is 6.54. The molecule has 0 aromatic carbocycles. The van der Waals surface area contributed by atoms with Crippen molar-refractivity contribution >= 4 is 5.82 Å². The van der Waals surface area contributed by atoms with Crippen LogP contribution in [0.25, 0.3) is 0 Å². The summed E-state index contributed by atoms with van der Waals surface area (Å²) in [6, 6.07) is 0. The van der Waals surface area contributed by atoms with Gasteiger partial charge in [-0.1, -0.05) is 0 Å². The normalized spacial score (nSPS) is 22.0. The Hall–Kier alpha value is -1.16. The maximum absolute atomic E-state index is 5.94. The van der Waals surface area contributed by atoms with E-state index in [1.807, 2.05) is 0 Å². The summed E-state index contributed by atoms with van der Waals surface area (Å²) in [7, 11) is 0. The fourth-order valence-electron chi connectivity index (χ4n) is 2.78. The van der Waals surface area contributed by atoms with Crippen LogP contribution in [-0.2, 0) is 12.8 Å². The lowest BCUT2D eigenvalue weighted by molar-refractivity contribution is 0.457. The Morgan fingerprint density at radius 3 is 2.94 bits per heavy atom. The number of hydrogen-bond acceptors (Lipinski definition) is 4. The van der Waals surface area contributed by atoms with E-state index >= 15 is 0 Å². The van der Waals surface area contributed by atoms with E-state index < -0.39 is 0 Å². The summed E-state index contributed by atoms with van der Waals surface area (Å²) in [6.07, 6.45) is 7.64. The Bertz CT molecular complexity index is 427. The molecule has 4 nitrogen and oxygen atoms in total. The maximum Gasteiger partial charge on any atom is 0.133 e. The number of rotatable bonds is 4. The molecule has 1 fully saturated rings. The molecule has 1 unspecified atom stereocenters. The van der Waals surface area contributed by atoms with Crippen LogP contribution in [-0.4, -0.2) is 22.1 Å². The quantitative estimate of drug-likeness (QED) is 0.826. The van der Waals surface area contributed by atoms with Gasteiger partial charge >= 0.3 is 0 Å². The van der Waals surface area contributed by atoms with Gasteiger partial charge in [0.2, 0.25) is 0 Å². The van der Waals surface area contributed by atoms with Gasteiger partial charge in [-0.15, -0.1) is 0 Å². The first-order chi connectivity index (χ1) is 8.23. The van der Waals surface area contributed by atoms with Crippen molar-refractivity contribution < 1.29 is 0 Å². The lowest BCUT2D eigenvalue weighted by Gasteiger charge is -2.30. The van der Waals surface area contributed by atoms with Crippen molar-refractivity contribution in [1.82, 2.24) is 9.97 Å². The lowest BCUT2D eigenvalue weighted by Crippen LogP contribution is -2.45. The smallest absolute Gasteiger partial charge is 0.133 e. The Labute approximate surface area is 102 Å². The summed E-state index contributed by atoms with van der Waals surface area (Å²) in [4.78, 5) is 8.77. The van der Waals surface area contributed by atoms with Crippen LogP contribution in [0.4, 0.5) is 5.82 Å². The molecule has 0 saturated heterocycles. The van der Waals surface area contributed by atoms with Crippen LogP contribution in [0, 0.1) is 5.92 Å². The zero-order valence-corrected chi connectivity index (χ0v) is 10.4. The molecule has 0 amide bonds. The van der Waals surface area contributed by atoms with Crippen molar-refractivity contribution in [3.05, 3.63) is 17.6 Å². The molecule has 1 atom stereocenters. The van der Waals surface area contributed by atoms with Crippen LogP contribution < -0.4 is 11.1 Å². The fraction of sp³-hybridized carbons (Fsp3) is 0.692. The predicted molar refractivity (Wildman–Crippen MR) is 67.9 cm³/mol. The van der Waals surface area contributed by atoms with Gasteiger partial charge in [0.05, 0.1) is 5.54 Å². The van der Waals surface area contributed by atoms with E-state index in [-0.39, 0.29) is 5.54 Å². The molecule has 1 saturated carbocycles. The fourth-order valence-corrected chi connectivity index (χ4v) is 2.78. The van der Waals surface area contributed by atoms with Crippen LogP contribution in [0.15, 0.2) is 6.33 Å². The standard InChI is InChI=1S/C13H20N4/c1-13(7-14,9-5-6-9)17-12-10-3-2-4-11(10)15-8-16-12/h8-9H,2-7,14H2,1H3,(H,15,16,17). The second-order valence-corrected chi connectivity index (χ2v) is 5.52. The number of aryl methyl sites for hydroxylation is 1. The van der Waals surface area contributed by atoms with E-state index in [4.69, 9.17) is 5.73 Å². The molecule has 1 aromatic heterocycles. The lowest BCUT2D eigenvalue weighted by atomic mass is 9.95. The molecule has 0 bridgehead atoms. The van der Waals surface area contributed by atoms with Crippen LogP contribution in [0.5, 0.6) is 0 Å². The average Bonchev–Trinajstić information content (AvgIpc) is 3.09. The molecule has 1 heterocycles. The molecule has 0 spiro atoms. The van der Waals surface area contributed by atoms with E-state index in [2.05, 4.69) is 22.2 Å². The molecule has 92 valence electrons. The topological polar surface area (TPSA) is 63.8 Å². The van der Waals surface area contributed by atoms with Crippen molar-refractivity contribution in [1.29, 1.82) is 0 Å². The van der Waals surface area contributed by atoms with E-state index in [1.54, 1.807) is 6.33 Å². The number of fused-ring (bicyclic) bond motifs is 1. The van der Waals surface area contributed by atoms with Crippen molar-refractivity contribution in [3.63, 3.8) is 0 Å². The van der Waals surface area contributed by atoms with Gasteiger partial charge in [0, 0.05) is 17.8 Å². The van der Waals surface area contributed by atoms with Gasteiger partial charge < -0.3 is 11.1 Å². The Morgan fingerprint density at radius 1 is 1.41 bits per heavy atom. The third kappa shape index (κ3) is 1.90. The van der Waals surface area contributed by atoms with Gasteiger partial charge in [0.25, 0.3) is 0 Å². The van der Waals surface area contributed by atoms with Crippen molar-refractivity contribution in [2.24, 2.45) is 11.7 Å². The van der Waals surface area contributed by atoms with E-state index in [1.165, 1.54) is 30.5 Å². The third-order valence-corrected chi connectivity index (χ3v) is 4.18. The summed E-state index contributed by atoms with van der Waals surface area (Å²) >= 11 is 0. The molecule has 3 N–H and O–H groups in total. The van der Waals surface area contributed by atoms with Crippen LogP contribution in [0.3, 0.4) is 0 Å². The second-order valence-electron chi connectivity index (χ2n) is 5.52. The molecule has 4 heteroatoms.